The summed E-state index contributed by atoms with van der Waals surface area (Å²) in [6.45, 7) is 5.23. The van der Waals surface area contributed by atoms with Crippen LogP contribution in [0.5, 0.6) is 0 Å². The average Bonchev–Trinajstić information content (AvgIpc) is 3.45. The molecule has 0 saturated carbocycles. The summed E-state index contributed by atoms with van der Waals surface area (Å²) < 4.78 is 6.14. The standard InChI is InChI=1S/C18H12N6O5S/c1-9-10(2)19-18(21-16(9)25)23-14(8-11(22-23)13-4-3-7-30-13)20-17(26)12-5-6-15(29-12)24(27)28/h3-8H,1H2,2H3,(H,20,26). The minimum absolute atomic E-state index is 0.0477. The van der Waals surface area contributed by atoms with Crippen molar-refractivity contribution < 1.29 is 18.9 Å². The van der Waals surface area contributed by atoms with Gasteiger partial charge in [0.15, 0.2) is 5.76 Å². The quantitative estimate of drug-likeness (QED) is 0.387. The van der Waals surface area contributed by atoms with E-state index in [0.717, 1.165) is 10.9 Å². The van der Waals surface area contributed by atoms with Crippen LogP contribution in [0, 0.1) is 10.1 Å². The molecule has 0 saturated heterocycles. The van der Waals surface area contributed by atoms with Crippen molar-refractivity contribution in [3.63, 3.8) is 0 Å². The third kappa shape index (κ3) is 3.46. The van der Waals surface area contributed by atoms with Gasteiger partial charge in [0, 0.05) is 6.07 Å². The number of furan rings is 1. The normalized spacial score (nSPS) is 13.8. The molecule has 1 aliphatic heterocycles. The molecule has 0 spiro atoms. The molecule has 11 nitrogen and oxygen atoms in total. The zero-order valence-electron chi connectivity index (χ0n) is 15.4. The van der Waals surface area contributed by atoms with E-state index in [0.29, 0.717) is 11.4 Å². The first-order valence-corrected chi connectivity index (χ1v) is 9.29. The highest BCUT2D eigenvalue weighted by molar-refractivity contribution is 7.13. The second-order valence-electron chi connectivity index (χ2n) is 6.05. The van der Waals surface area contributed by atoms with Crippen molar-refractivity contribution in [1.82, 2.24) is 9.78 Å². The molecule has 12 heteroatoms. The van der Waals surface area contributed by atoms with Crippen molar-refractivity contribution >= 4 is 46.5 Å². The second-order valence-corrected chi connectivity index (χ2v) is 6.99. The van der Waals surface area contributed by atoms with Gasteiger partial charge in [-0.15, -0.1) is 11.3 Å². The summed E-state index contributed by atoms with van der Waals surface area (Å²) in [4.78, 5) is 43.6. The first-order valence-electron chi connectivity index (χ1n) is 8.41. The Morgan fingerprint density at radius 2 is 2.13 bits per heavy atom. The van der Waals surface area contributed by atoms with Gasteiger partial charge in [0.1, 0.15) is 16.4 Å². The molecular formula is C18H12N6O5S. The van der Waals surface area contributed by atoms with E-state index in [-0.39, 0.29) is 23.1 Å². The predicted molar refractivity (Wildman–Crippen MR) is 109 cm³/mol. The van der Waals surface area contributed by atoms with Gasteiger partial charge in [-0.05, 0) is 24.4 Å². The maximum Gasteiger partial charge on any atom is 0.433 e. The van der Waals surface area contributed by atoms with E-state index in [1.165, 1.54) is 22.1 Å². The maximum atomic E-state index is 12.5. The van der Waals surface area contributed by atoms with Crippen LogP contribution in [0.2, 0.25) is 0 Å². The van der Waals surface area contributed by atoms with Gasteiger partial charge in [-0.3, -0.25) is 19.7 Å². The fraction of sp³-hybridized carbons (Fsp3) is 0.0556. The monoisotopic (exact) mass is 424 g/mol. The Labute approximate surface area is 172 Å². The topological polar surface area (TPSA) is 145 Å². The minimum Gasteiger partial charge on any atom is -0.395 e. The van der Waals surface area contributed by atoms with Gasteiger partial charge in [-0.25, -0.2) is 4.99 Å². The molecule has 4 rings (SSSR count). The van der Waals surface area contributed by atoms with Crippen molar-refractivity contribution in [1.29, 1.82) is 0 Å². The Balaban J connectivity index is 1.73. The van der Waals surface area contributed by atoms with Gasteiger partial charge in [-0.1, -0.05) is 12.6 Å². The molecule has 2 amide bonds. The van der Waals surface area contributed by atoms with Crippen LogP contribution in [0.15, 0.2) is 62.3 Å². The molecule has 0 aromatic carbocycles. The van der Waals surface area contributed by atoms with Crippen LogP contribution in [0.3, 0.4) is 0 Å². The Morgan fingerprint density at radius 1 is 1.33 bits per heavy atom. The van der Waals surface area contributed by atoms with Gasteiger partial charge in [-0.2, -0.15) is 14.8 Å². The second kappa shape index (κ2) is 7.33. The Hall–Kier alpha value is -4.19. The molecule has 1 N–H and O–H groups in total. The number of amides is 2. The van der Waals surface area contributed by atoms with Gasteiger partial charge in [0.2, 0.25) is 0 Å². The largest absolute Gasteiger partial charge is 0.433 e. The maximum absolute atomic E-state index is 12.5. The van der Waals surface area contributed by atoms with Crippen LogP contribution >= 0.6 is 11.3 Å². The molecular weight excluding hydrogens is 412 g/mol. The van der Waals surface area contributed by atoms with E-state index in [9.17, 15) is 19.7 Å². The van der Waals surface area contributed by atoms with Crippen LogP contribution in [-0.2, 0) is 4.79 Å². The third-order valence-electron chi connectivity index (χ3n) is 4.07. The molecule has 150 valence electrons. The van der Waals surface area contributed by atoms with Crippen molar-refractivity contribution in [2.24, 2.45) is 9.98 Å². The number of carbonyl (C=O) groups is 2. The molecule has 4 heterocycles. The van der Waals surface area contributed by atoms with Crippen LogP contribution < -0.4 is 5.32 Å². The molecule has 0 radical (unpaired) electrons. The summed E-state index contributed by atoms with van der Waals surface area (Å²) >= 11 is 1.43. The molecule has 0 atom stereocenters. The molecule has 3 aromatic heterocycles. The number of hydrogen-bond donors (Lipinski definition) is 1. The lowest BCUT2D eigenvalue weighted by Crippen LogP contribution is -2.25. The highest BCUT2D eigenvalue weighted by Gasteiger charge is 2.24. The lowest BCUT2D eigenvalue weighted by Gasteiger charge is -2.12. The number of carbonyl (C=O) groups excluding carboxylic acids is 2. The number of rotatable bonds is 4. The molecule has 30 heavy (non-hydrogen) atoms. The third-order valence-corrected chi connectivity index (χ3v) is 4.97. The number of aromatic nitrogens is 2. The molecule has 0 fully saturated rings. The first-order chi connectivity index (χ1) is 14.3. The molecule has 0 unspecified atom stereocenters. The fourth-order valence-corrected chi connectivity index (χ4v) is 3.22. The number of nitro groups is 1. The number of hydrogen-bond acceptors (Lipinski definition) is 8. The number of anilines is 1. The van der Waals surface area contributed by atoms with Crippen molar-refractivity contribution in [2.75, 3.05) is 5.32 Å². The van der Waals surface area contributed by atoms with E-state index in [4.69, 9.17) is 4.42 Å². The Morgan fingerprint density at radius 3 is 2.77 bits per heavy atom. The van der Waals surface area contributed by atoms with Crippen LogP contribution in [0.25, 0.3) is 10.6 Å². The van der Waals surface area contributed by atoms with Gasteiger partial charge in [0.05, 0.1) is 22.2 Å². The summed E-state index contributed by atoms with van der Waals surface area (Å²) in [5, 5.41) is 19.6. The fourth-order valence-electron chi connectivity index (χ4n) is 2.54. The Kier molecular flexibility index (Phi) is 4.68. The molecule has 0 bridgehead atoms. The molecule has 1 aliphatic rings. The Bertz CT molecular complexity index is 1260. The first kappa shape index (κ1) is 19.1. The molecule has 3 aromatic rings. The number of aliphatic imine (C=N–C) groups is 2. The number of nitrogens with zero attached hydrogens (tertiary/aromatic N) is 5. The van der Waals surface area contributed by atoms with Crippen molar-refractivity contribution in [3.05, 3.63) is 63.7 Å². The summed E-state index contributed by atoms with van der Waals surface area (Å²) in [7, 11) is 0. The van der Waals surface area contributed by atoms with Gasteiger partial charge in [0.25, 0.3) is 17.8 Å². The molecule has 0 aliphatic carbocycles. The smallest absolute Gasteiger partial charge is 0.395 e. The lowest BCUT2D eigenvalue weighted by atomic mass is 10.2. The van der Waals surface area contributed by atoms with E-state index >= 15 is 0 Å². The lowest BCUT2D eigenvalue weighted by molar-refractivity contribution is -0.402. The average molecular weight is 424 g/mol. The van der Waals surface area contributed by atoms with E-state index < -0.39 is 22.6 Å². The van der Waals surface area contributed by atoms with E-state index in [1.54, 1.807) is 13.0 Å². The summed E-state index contributed by atoms with van der Waals surface area (Å²) in [5.41, 5.74) is 1.05. The van der Waals surface area contributed by atoms with Crippen LogP contribution in [0.1, 0.15) is 17.5 Å². The summed E-state index contributed by atoms with van der Waals surface area (Å²) in [6, 6.07) is 7.51. The zero-order chi connectivity index (χ0) is 21.4. The number of thiophene rings is 1. The zero-order valence-corrected chi connectivity index (χ0v) is 16.2. The minimum atomic E-state index is -0.747. The van der Waals surface area contributed by atoms with Crippen molar-refractivity contribution in [2.45, 2.75) is 6.92 Å². The number of nitrogens with one attached hydrogen (secondary N) is 1. The van der Waals surface area contributed by atoms with Crippen LogP contribution in [0.4, 0.5) is 11.7 Å². The highest BCUT2D eigenvalue weighted by atomic mass is 32.1. The van der Waals surface area contributed by atoms with E-state index in [1.807, 2.05) is 17.5 Å². The van der Waals surface area contributed by atoms with Crippen LogP contribution in [-0.4, -0.2) is 38.2 Å². The predicted octanol–water partition coefficient (Wildman–Crippen LogP) is 3.13. The SMILES string of the molecule is C=C1C(=O)N=C(n2nc(-c3cccs3)cc2NC(=O)c2ccc([N+](=O)[O-])o2)N=C1C. The highest BCUT2D eigenvalue weighted by Crippen LogP contribution is 2.27. The van der Waals surface area contributed by atoms with Gasteiger partial charge >= 0.3 is 5.88 Å². The van der Waals surface area contributed by atoms with E-state index in [2.05, 4.69) is 27.0 Å². The summed E-state index contributed by atoms with van der Waals surface area (Å²) in [5.74, 6) is -2.03. The van der Waals surface area contributed by atoms with Crippen molar-refractivity contribution in [3.8, 4) is 10.6 Å². The summed E-state index contributed by atoms with van der Waals surface area (Å²) in [6.07, 6.45) is 0. The van der Waals surface area contributed by atoms with Gasteiger partial charge < -0.3 is 9.73 Å².